The topological polar surface area (TPSA) is 105 Å². The Bertz CT molecular complexity index is 420. The van der Waals surface area contributed by atoms with E-state index in [9.17, 15) is 15.0 Å². The van der Waals surface area contributed by atoms with Crippen LogP contribution < -0.4 is 5.69 Å². The van der Waals surface area contributed by atoms with Crippen molar-refractivity contribution in [1.82, 2.24) is 9.55 Å². The van der Waals surface area contributed by atoms with Gasteiger partial charge in [0.15, 0.2) is 6.23 Å². The highest BCUT2D eigenvalue weighted by Gasteiger charge is 2.43. The molecule has 1 aromatic rings. The fourth-order valence-corrected chi connectivity index (χ4v) is 1.67. The molecule has 0 amide bonds. The Hall–Kier alpha value is -1.28. The SMILES string of the molecule is O=c1ncccn1[C@@H]1O[C@H](CO)[C@@H](O)[C@@H]1O. The van der Waals surface area contributed by atoms with Crippen molar-refractivity contribution in [3.05, 3.63) is 28.9 Å². The van der Waals surface area contributed by atoms with Crippen LogP contribution in [0.4, 0.5) is 0 Å². The lowest BCUT2D eigenvalue weighted by atomic mass is 10.1. The smallest absolute Gasteiger partial charge is 0.349 e. The average Bonchev–Trinajstić information content (AvgIpc) is 2.57. The van der Waals surface area contributed by atoms with Gasteiger partial charge in [-0.1, -0.05) is 0 Å². The predicted molar refractivity (Wildman–Crippen MR) is 51.5 cm³/mol. The van der Waals surface area contributed by atoms with Crippen molar-refractivity contribution in [3.8, 4) is 0 Å². The van der Waals surface area contributed by atoms with Crippen LogP contribution in [-0.4, -0.2) is 49.8 Å². The second-order valence-corrected chi connectivity index (χ2v) is 3.54. The van der Waals surface area contributed by atoms with Crippen LogP contribution in [0.5, 0.6) is 0 Å². The van der Waals surface area contributed by atoms with Gasteiger partial charge in [0.05, 0.1) is 6.61 Å². The van der Waals surface area contributed by atoms with Crippen LogP contribution in [0, 0.1) is 0 Å². The van der Waals surface area contributed by atoms with Crippen molar-refractivity contribution in [2.24, 2.45) is 0 Å². The van der Waals surface area contributed by atoms with Gasteiger partial charge in [-0.15, -0.1) is 0 Å². The normalized spacial score (nSPS) is 34.2. The van der Waals surface area contributed by atoms with Crippen LogP contribution in [0.2, 0.25) is 0 Å². The summed E-state index contributed by atoms with van der Waals surface area (Å²) < 4.78 is 6.25. The van der Waals surface area contributed by atoms with Crippen molar-refractivity contribution >= 4 is 0 Å². The number of aliphatic hydroxyl groups excluding tert-OH is 3. The lowest BCUT2D eigenvalue weighted by molar-refractivity contribution is -0.0549. The lowest BCUT2D eigenvalue weighted by Crippen LogP contribution is -2.35. The molecule has 0 unspecified atom stereocenters. The van der Waals surface area contributed by atoms with E-state index in [1.54, 1.807) is 0 Å². The third kappa shape index (κ3) is 1.74. The van der Waals surface area contributed by atoms with Gasteiger partial charge in [-0.3, -0.25) is 4.57 Å². The van der Waals surface area contributed by atoms with E-state index in [0.717, 1.165) is 4.57 Å². The third-order valence-electron chi connectivity index (χ3n) is 2.53. The largest absolute Gasteiger partial charge is 0.394 e. The Kier molecular flexibility index (Phi) is 3.01. The van der Waals surface area contributed by atoms with E-state index in [-0.39, 0.29) is 0 Å². The van der Waals surface area contributed by atoms with E-state index in [1.165, 1.54) is 18.5 Å². The van der Waals surface area contributed by atoms with Gasteiger partial charge >= 0.3 is 5.69 Å². The molecule has 1 fully saturated rings. The van der Waals surface area contributed by atoms with E-state index >= 15 is 0 Å². The van der Waals surface area contributed by atoms with Crippen LogP contribution in [0.15, 0.2) is 23.3 Å². The molecule has 0 aromatic carbocycles. The Morgan fingerprint density at radius 1 is 1.44 bits per heavy atom. The fraction of sp³-hybridized carbons (Fsp3) is 0.556. The lowest BCUT2D eigenvalue weighted by Gasteiger charge is -2.16. The molecule has 2 rings (SSSR count). The first-order chi connectivity index (χ1) is 7.65. The summed E-state index contributed by atoms with van der Waals surface area (Å²) in [5.41, 5.74) is -0.586. The molecule has 16 heavy (non-hydrogen) atoms. The van der Waals surface area contributed by atoms with Crippen molar-refractivity contribution in [3.63, 3.8) is 0 Å². The minimum atomic E-state index is -1.26. The molecule has 3 N–H and O–H groups in total. The maximum atomic E-state index is 11.4. The van der Waals surface area contributed by atoms with Gasteiger partial charge < -0.3 is 20.1 Å². The zero-order valence-corrected chi connectivity index (χ0v) is 8.30. The van der Waals surface area contributed by atoms with Gasteiger partial charge in [-0.05, 0) is 6.07 Å². The zero-order valence-electron chi connectivity index (χ0n) is 8.30. The van der Waals surface area contributed by atoms with Crippen LogP contribution in [0.3, 0.4) is 0 Å². The highest BCUT2D eigenvalue weighted by atomic mass is 16.6. The maximum absolute atomic E-state index is 11.4. The molecule has 1 aliphatic rings. The molecule has 0 aliphatic carbocycles. The summed E-state index contributed by atoms with van der Waals surface area (Å²) >= 11 is 0. The van der Waals surface area contributed by atoms with Gasteiger partial charge in [0.25, 0.3) is 0 Å². The molecule has 4 atom stereocenters. The monoisotopic (exact) mass is 228 g/mol. The number of ether oxygens (including phenoxy) is 1. The molecule has 7 heteroatoms. The minimum Gasteiger partial charge on any atom is -0.394 e. The predicted octanol–water partition coefficient (Wildman–Crippen LogP) is -2.15. The zero-order chi connectivity index (χ0) is 11.7. The first-order valence-corrected chi connectivity index (χ1v) is 4.80. The summed E-state index contributed by atoms with van der Waals surface area (Å²) in [7, 11) is 0. The standard InChI is InChI=1S/C9H12N2O5/c12-4-5-6(13)7(14)8(16-5)11-3-1-2-10-9(11)15/h1-3,5-8,12-14H,4H2/t5-,6-,7+,8-/m1/s1. The molecule has 1 aliphatic heterocycles. The minimum absolute atomic E-state index is 0.427. The van der Waals surface area contributed by atoms with Crippen LogP contribution in [-0.2, 0) is 4.74 Å². The van der Waals surface area contributed by atoms with Gasteiger partial charge in [0.1, 0.15) is 18.3 Å². The highest BCUT2D eigenvalue weighted by molar-refractivity contribution is 4.92. The second kappa shape index (κ2) is 4.30. The molecule has 88 valence electrons. The summed E-state index contributed by atoms with van der Waals surface area (Å²) in [6, 6.07) is 1.51. The molecular weight excluding hydrogens is 216 g/mol. The Morgan fingerprint density at radius 3 is 2.75 bits per heavy atom. The number of aromatic nitrogens is 2. The van der Waals surface area contributed by atoms with Crippen molar-refractivity contribution < 1.29 is 20.1 Å². The number of hydrogen-bond donors (Lipinski definition) is 3. The summed E-state index contributed by atoms with van der Waals surface area (Å²) in [6.45, 7) is -0.427. The van der Waals surface area contributed by atoms with Gasteiger partial charge in [0, 0.05) is 12.4 Å². The first kappa shape index (κ1) is 11.2. The van der Waals surface area contributed by atoms with E-state index in [4.69, 9.17) is 9.84 Å². The molecule has 0 bridgehead atoms. The Labute approximate surface area is 90.6 Å². The summed E-state index contributed by atoms with van der Waals surface area (Å²) in [5, 5.41) is 28.1. The molecular formula is C9H12N2O5. The molecule has 1 aromatic heterocycles. The van der Waals surface area contributed by atoms with Gasteiger partial charge in [0.2, 0.25) is 0 Å². The Balaban J connectivity index is 2.30. The molecule has 0 spiro atoms. The number of nitrogens with zero attached hydrogens (tertiary/aromatic N) is 2. The van der Waals surface area contributed by atoms with Crippen LogP contribution in [0.1, 0.15) is 6.23 Å². The van der Waals surface area contributed by atoms with E-state index in [2.05, 4.69) is 4.98 Å². The summed E-state index contributed by atoms with van der Waals surface area (Å²) in [6.07, 6.45) is -1.68. The number of aliphatic hydroxyl groups is 3. The first-order valence-electron chi connectivity index (χ1n) is 4.80. The van der Waals surface area contributed by atoms with Gasteiger partial charge in [-0.2, -0.15) is 0 Å². The highest BCUT2D eigenvalue weighted by Crippen LogP contribution is 2.27. The molecule has 0 radical (unpaired) electrons. The van der Waals surface area contributed by atoms with Crippen molar-refractivity contribution in [2.45, 2.75) is 24.5 Å². The van der Waals surface area contributed by atoms with Crippen molar-refractivity contribution in [1.29, 1.82) is 0 Å². The Morgan fingerprint density at radius 2 is 2.19 bits per heavy atom. The molecule has 7 nitrogen and oxygen atoms in total. The van der Waals surface area contributed by atoms with Crippen LogP contribution >= 0.6 is 0 Å². The maximum Gasteiger partial charge on any atom is 0.349 e. The van der Waals surface area contributed by atoms with E-state index in [0.29, 0.717) is 0 Å². The van der Waals surface area contributed by atoms with Gasteiger partial charge in [-0.25, -0.2) is 9.78 Å². The fourth-order valence-electron chi connectivity index (χ4n) is 1.67. The number of rotatable bonds is 2. The van der Waals surface area contributed by atoms with Crippen LogP contribution in [0.25, 0.3) is 0 Å². The third-order valence-corrected chi connectivity index (χ3v) is 2.53. The van der Waals surface area contributed by atoms with Crippen molar-refractivity contribution in [2.75, 3.05) is 6.61 Å². The molecule has 2 heterocycles. The summed E-state index contributed by atoms with van der Waals surface area (Å²) in [4.78, 5) is 14.9. The second-order valence-electron chi connectivity index (χ2n) is 3.54. The summed E-state index contributed by atoms with van der Waals surface area (Å²) in [5.74, 6) is 0. The number of hydrogen-bond acceptors (Lipinski definition) is 6. The quantitative estimate of drug-likeness (QED) is 0.533. The van der Waals surface area contributed by atoms with E-state index < -0.39 is 36.8 Å². The van der Waals surface area contributed by atoms with E-state index in [1.807, 2.05) is 0 Å². The average molecular weight is 228 g/mol. The molecule has 0 saturated carbocycles. The molecule has 1 saturated heterocycles.